The molecule has 0 radical (unpaired) electrons. The second-order valence-corrected chi connectivity index (χ2v) is 13.7. The Hall–Kier alpha value is -5.35. The van der Waals surface area contributed by atoms with Crippen molar-refractivity contribution in [2.45, 2.75) is 50.5 Å². The number of hydrogen-bond donors (Lipinski definition) is 1. The van der Waals surface area contributed by atoms with Gasteiger partial charge in [-0.3, -0.25) is 34.3 Å². The Morgan fingerprint density at radius 3 is 2.17 bits per heavy atom. The maximum absolute atomic E-state index is 13.4. The third kappa shape index (κ3) is 7.21. The van der Waals surface area contributed by atoms with Crippen LogP contribution in [0.1, 0.15) is 81.9 Å². The molecular formula is C39H40F2N6O5. The number of imide groups is 2. The molecular weight excluding hydrogens is 670 g/mol. The minimum Gasteiger partial charge on any atom is -0.494 e. The Balaban J connectivity index is 0.831. The molecule has 11 nitrogen and oxygen atoms in total. The van der Waals surface area contributed by atoms with Gasteiger partial charge in [-0.25, -0.2) is 8.78 Å². The van der Waals surface area contributed by atoms with Crippen LogP contribution in [-0.4, -0.2) is 91.9 Å². The van der Waals surface area contributed by atoms with Gasteiger partial charge in [-0.15, -0.1) is 0 Å². The van der Waals surface area contributed by atoms with E-state index in [0.29, 0.717) is 12.5 Å². The molecule has 0 spiro atoms. The average molecular weight is 711 g/mol. The molecule has 0 bridgehead atoms. The van der Waals surface area contributed by atoms with Crippen LogP contribution in [0.2, 0.25) is 0 Å². The fourth-order valence-electron chi connectivity index (χ4n) is 7.70. The first-order chi connectivity index (χ1) is 25.2. The van der Waals surface area contributed by atoms with Crippen LogP contribution < -0.4 is 19.9 Å². The lowest BCUT2D eigenvalue weighted by Crippen LogP contribution is -2.54. The molecule has 4 aliphatic heterocycles. The van der Waals surface area contributed by atoms with Crippen molar-refractivity contribution in [2.75, 3.05) is 62.2 Å². The van der Waals surface area contributed by atoms with Gasteiger partial charge in [0.25, 0.3) is 18.2 Å². The number of carbonyl (C=O) groups excluding carboxylic acids is 4. The van der Waals surface area contributed by atoms with Crippen molar-refractivity contribution in [2.24, 2.45) is 0 Å². The number of piperazine rings is 1. The molecule has 3 aromatic rings. The zero-order valence-electron chi connectivity index (χ0n) is 28.7. The van der Waals surface area contributed by atoms with Crippen molar-refractivity contribution in [1.82, 2.24) is 15.1 Å². The standard InChI is InChI=1S/C39H40F2N6O5/c40-36(41)32-22-28(5-2-27(32)24-42)45-15-12-26(13-16-45)25-3-7-30(8-4-25)52-21-1-14-44-17-19-46(20-18-44)29-6-9-31-33(23-29)39(51)47(38(31)50)34-10-11-35(48)43-37(34)49/h2-9,22-23,26,34,36H,1,10-21H2,(H,43,48,49). The Labute approximate surface area is 300 Å². The quantitative estimate of drug-likeness (QED) is 0.232. The summed E-state index contributed by atoms with van der Waals surface area (Å²) in [4.78, 5) is 57.9. The van der Waals surface area contributed by atoms with Crippen LogP contribution in [0.4, 0.5) is 20.2 Å². The second kappa shape index (κ2) is 15.1. The maximum Gasteiger partial charge on any atom is 0.265 e. The van der Waals surface area contributed by atoms with Crippen LogP contribution in [0.15, 0.2) is 60.7 Å². The summed E-state index contributed by atoms with van der Waals surface area (Å²) in [5, 5.41) is 11.4. The van der Waals surface area contributed by atoms with E-state index in [1.807, 2.05) is 24.3 Å². The molecule has 270 valence electrons. The number of piperidine rings is 2. The molecule has 0 aromatic heterocycles. The van der Waals surface area contributed by atoms with Crippen molar-refractivity contribution in [1.29, 1.82) is 5.26 Å². The minimum absolute atomic E-state index is 0.0201. The number of nitrogens with zero attached hydrogens (tertiary/aromatic N) is 5. The number of benzene rings is 3. The second-order valence-electron chi connectivity index (χ2n) is 13.7. The molecule has 0 saturated carbocycles. The third-order valence-corrected chi connectivity index (χ3v) is 10.7. The van der Waals surface area contributed by atoms with Gasteiger partial charge in [0.2, 0.25) is 11.8 Å². The Bertz CT molecular complexity index is 1900. The smallest absolute Gasteiger partial charge is 0.265 e. The van der Waals surface area contributed by atoms with E-state index in [1.54, 1.807) is 18.2 Å². The van der Waals surface area contributed by atoms with Crippen LogP contribution in [-0.2, 0) is 9.59 Å². The molecule has 1 atom stereocenters. The van der Waals surface area contributed by atoms with Crippen molar-refractivity contribution in [3.05, 3.63) is 88.5 Å². The fraction of sp³-hybridized carbons (Fsp3) is 0.410. The van der Waals surface area contributed by atoms with E-state index in [1.165, 1.54) is 17.7 Å². The van der Waals surface area contributed by atoms with Crippen molar-refractivity contribution < 1.29 is 32.7 Å². The summed E-state index contributed by atoms with van der Waals surface area (Å²) in [5.41, 5.74) is 3.21. The summed E-state index contributed by atoms with van der Waals surface area (Å²) in [5.74, 6) is -0.817. The molecule has 7 rings (SSSR count). The molecule has 3 aromatic carbocycles. The number of nitrogens with one attached hydrogen (secondary N) is 1. The largest absolute Gasteiger partial charge is 0.494 e. The van der Waals surface area contributed by atoms with E-state index < -0.39 is 36.1 Å². The molecule has 1 unspecified atom stereocenters. The monoisotopic (exact) mass is 710 g/mol. The number of amides is 4. The van der Waals surface area contributed by atoms with E-state index in [9.17, 15) is 28.0 Å². The predicted molar refractivity (Wildman–Crippen MR) is 189 cm³/mol. The Morgan fingerprint density at radius 2 is 1.48 bits per heavy atom. The van der Waals surface area contributed by atoms with Crippen LogP contribution >= 0.6 is 0 Å². The van der Waals surface area contributed by atoms with E-state index in [4.69, 9.17) is 10.00 Å². The molecule has 4 amide bonds. The van der Waals surface area contributed by atoms with E-state index in [2.05, 4.69) is 32.1 Å². The van der Waals surface area contributed by atoms with Gasteiger partial charge in [-0.05, 0) is 85.7 Å². The zero-order valence-corrected chi connectivity index (χ0v) is 28.7. The van der Waals surface area contributed by atoms with Crippen LogP contribution in [0.5, 0.6) is 5.75 Å². The number of ether oxygens (including phenoxy) is 1. The first-order valence-electron chi connectivity index (χ1n) is 17.8. The molecule has 52 heavy (non-hydrogen) atoms. The lowest BCUT2D eigenvalue weighted by atomic mass is 9.89. The number of carbonyl (C=O) groups is 4. The van der Waals surface area contributed by atoms with E-state index in [-0.39, 0.29) is 35.1 Å². The highest BCUT2D eigenvalue weighted by molar-refractivity contribution is 6.23. The molecule has 4 aliphatic rings. The van der Waals surface area contributed by atoms with Gasteiger partial charge in [0, 0.05) is 69.2 Å². The highest BCUT2D eigenvalue weighted by Crippen LogP contribution is 2.34. The number of hydrogen-bond acceptors (Lipinski definition) is 9. The summed E-state index contributed by atoms with van der Waals surface area (Å²) >= 11 is 0. The molecule has 3 saturated heterocycles. The van der Waals surface area contributed by atoms with Gasteiger partial charge < -0.3 is 14.5 Å². The summed E-state index contributed by atoms with van der Waals surface area (Å²) in [6, 6.07) is 19.0. The van der Waals surface area contributed by atoms with Crippen molar-refractivity contribution in [3.63, 3.8) is 0 Å². The molecule has 13 heteroatoms. The molecule has 3 fully saturated rings. The summed E-state index contributed by atoms with van der Waals surface area (Å²) in [6.45, 7) is 6.22. The highest BCUT2D eigenvalue weighted by Gasteiger charge is 2.44. The van der Waals surface area contributed by atoms with Crippen molar-refractivity contribution >= 4 is 35.0 Å². The summed E-state index contributed by atoms with van der Waals surface area (Å²) < 4.78 is 32.9. The lowest BCUT2D eigenvalue weighted by Gasteiger charge is -2.36. The number of anilines is 2. The topological polar surface area (TPSA) is 126 Å². The number of rotatable bonds is 10. The van der Waals surface area contributed by atoms with Crippen LogP contribution in [0.3, 0.4) is 0 Å². The zero-order chi connectivity index (χ0) is 36.4. The fourth-order valence-corrected chi connectivity index (χ4v) is 7.70. The summed E-state index contributed by atoms with van der Waals surface area (Å²) in [6.07, 6.45) is 0.219. The molecule has 4 heterocycles. The highest BCUT2D eigenvalue weighted by atomic mass is 19.3. The van der Waals surface area contributed by atoms with Crippen LogP contribution in [0.25, 0.3) is 0 Å². The van der Waals surface area contributed by atoms with Gasteiger partial charge in [-0.2, -0.15) is 5.26 Å². The minimum atomic E-state index is -2.68. The third-order valence-electron chi connectivity index (χ3n) is 10.7. The lowest BCUT2D eigenvalue weighted by molar-refractivity contribution is -0.136. The number of halogens is 2. The maximum atomic E-state index is 13.4. The average Bonchev–Trinajstić information content (AvgIpc) is 3.41. The molecule has 0 aliphatic carbocycles. The summed E-state index contributed by atoms with van der Waals surface area (Å²) in [7, 11) is 0. The normalized spacial score (nSPS) is 20.0. The van der Waals surface area contributed by atoms with Crippen molar-refractivity contribution in [3.8, 4) is 11.8 Å². The number of alkyl halides is 2. The van der Waals surface area contributed by atoms with Gasteiger partial charge in [0.1, 0.15) is 11.8 Å². The number of nitriles is 1. The van der Waals surface area contributed by atoms with E-state index in [0.717, 1.165) is 87.1 Å². The SMILES string of the molecule is N#Cc1ccc(N2CCC(c3ccc(OCCCN4CCN(c5ccc6c(c5)C(=O)N(C5CCC(=O)NC5=O)C6=O)CC4)cc3)CC2)cc1C(F)F. The van der Waals surface area contributed by atoms with Gasteiger partial charge in [0.05, 0.1) is 29.4 Å². The van der Waals surface area contributed by atoms with Gasteiger partial charge >= 0.3 is 0 Å². The Kier molecular flexibility index (Phi) is 10.2. The predicted octanol–water partition coefficient (Wildman–Crippen LogP) is 4.87. The first kappa shape index (κ1) is 35.1. The van der Waals surface area contributed by atoms with Crippen LogP contribution in [0, 0.1) is 11.3 Å². The number of fused-ring (bicyclic) bond motifs is 1. The van der Waals surface area contributed by atoms with Gasteiger partial charge in [-0.1, -0.05) is 12.1 Å². The van der Waals surface area contributed by atoms with E-state index >= 15 is 0 Å². The first-order valence-corrected chi connectivity index (χ1v) is 17.8. The molecule has 1 N–H and O–H groups in total. The Morgan fingerprint density at radius 1 is 0.808 bits per heavy atom. The van der Waals surface area contributed by atoms with Gasteiger partial charge in [0.15, 0.2) is 0 Å².